The molecule has 2 aliphatic rings. The first-order valence-electron chi connectivity index (χ1n) is 8.44. The van der Waals surface area contributed by atoms with Gasteiger partial charge in [0.1, 0.15) is 0 Å². The summed E-state index contributed by atoms with van der Waals surface area (Å²) in [6, 6.07) is 2.55. The third kappa shape index (κ3) is 3.84. The molecule has 0 spiro atoms. The van der Waals surface area contributed by atoms with E-state index in [0.717, 1.165) is 30.8 Å². The van der Waals surface area contributed by atoms with Gasteiger partial charge in [-0.25, -0.2) is 5.48 Å². The van der Waals surface area contributed by atoms with Gasteiger partial charge in [-0.05, 0) is 24.5 Å². The van der Waals surface area contributed by atoms with Gasteiger partial charge in [-0.1, -0.05) is 33.1 Å². The first-order valence-corrected chi connectivity index (χ1v) is 8.44. The second kappa shape index (κ2) is 8.25. The highest BCUT2D eigenvalue weighted by atomic mass is 16.5. The van der Waals surface area contributed by atoms with Gasteiger partial charge in [0.15, 0.2) is 0 Å². The summed E-state index contributed by atoms with van der Waals surface area (Å²) in [5.41, 5.74) is 4.31. The maximum Gasteiger partial charge on any atom is 0.276 e. The van der Waals surface area contributed by atoms with Crippen LogP contribution in [0.25, 0.3) is 0 Å². The number of nitrogens with zero attached hydrogens (tertiary/aromatic N) is 2. The normalized spacial score (nSPS) is 18.9. The molecule has 0 atom stereocenters. The van der Waals surface area contributed by atoms with Crippen molar-refractivity contribution < 1.29 is 10.0 Å². The van der Waals surface area contributed by atoms with Crippen molar-refractivity contribution >= 4 is 5.91 Å². The van der Waals surface area contributed by atoms with Gasteiger partial charge >= 0.3 is 0 Å². The number of rotatable bonds is 2. The fourth-order valence-corrected chi connectivity index (χ4v) is 3.39. The number of hydroxylamine groups is 1. The zero-order chi connectivity index (χ0) is 15.9. The van der Waals surface area contributed by atoms with Crippen LogP contribution in [-0.4, -0.2) is 33.6 Å². The number of fused-ring (bicyclic) bond motifs is 1. The Kier molecular flexibility index (Phi) is 6.34. The fraction of sp³-hybridized carbons (Fsp3) is 0.647. The van der Waals surface area contributed by atoms with Crippen molar-refractivity contribution in [3.05, 3.63) is 29.1 Å². The molecule has 2 heterocycles. The summed E-state index contributed by atoms with van der Waals surface area (Å²) in [5.74, 6) is -0.491. The average molecular weight is 305 g/mol. The van der Waals surface area contributed by atoms with Gasteiger partial charge in [0.25, 0.3) is 5.91 Å². The minimum atomic E-state index is -0.491. The molecule has 5 heteroatoms. The molecule has 0 radical (unpaired) electrons. The number of hydrogen-bond donors (Lipinski definition) is 2. The number of aromatic nitrogens is 1. The molecule has 122 valence electrons. The Hall–Kier alpha value is -1.46. The van der Waals surface area contributed by atoms with Gasteiger partial charge in [0, 0.05) is 37.4 Å². The average Bonchev–Trinajstić information content (AvgIpc) is 2.62. The van der Waals surface area contributed by atoms with E-state index in [2.05, 4.69) is 9.88 Å². The van der Waals surface area contributed by atoms with E-state index in [0.29, 0.717) is 11.6 Å². The largest absolute Gasteiger partial charge is 0.296 e. The van der Waals surface area contributed by atoms with E-state index in [9.17, 15) is 4.79 Å². The monoisotopic (exact) mass is 305 g/mol. The van der Waals surface area contributed by atoms with Crippen molar-refractivity contribution in [1.82, 2.24) is 15.4 Å². The number of amides is 1. The van der Waals surface area contributed by atoms with Gasteiger partial charge < -0.3 is 0 Å². The summed E-state index contributed by atoms with van der Waals surface area (Å²) in [6.45, 7) is 5.94. The lowest BCUT2D eigenvalue weighted by atomic mass is 9.92. The minimum Gasteiger partial charge on any atom is -0.296 e. The predicted molar refractivity (Wildman–Crippen MR) is 85.8 cm³/mol. The van der Waals surface area contributed by atoms with E-state index in [-0.39, 0.29) is 0 Å². The lowest BCUT2D eigenvalue weighted by Crippen LogP contribution is -2.40. The Balaban J connectivity index is 0.000000847. The highest BCUT2D eigenvalue weighted by Gasteiger charge is 2.26. The molecule has 3 rings (SSSR count). The highest BCUT2D eigenvalue weighted by Crippen LogP contribution is 2.27. The molecule has 1 aliphatic heterocycles. The van der Waals surface area contributed by atoms with Gasteiger partial charge in [-0.3, -0.25) is 19.9 Å². The third-order valence-corrected chi connectivity index (χ3v) is 4.52. The Morgan fingerprint density at radius 1 is 1.32 bits per heavy atom. The number of carbonyl (C=O) groups is 1. The first kappa shape index (κ1) is 16.9. The first-order chi connectivity index (χ1) is 10.8. The summed E-state index contributed by atoms with van der Waals surface area (Å²) in [6.07, 6.45) is 9.11. The summed E-state index contributed by atoms with van der Waals surface area (Å²) in [4.78, 5) is 18.4. The molecule has 0 bridgehead atoms. The molecule has 0 saturated heterocycles. The van der Waals surface area contributed by atoms with Crippen LogP contribution in [0.1, 0.15) is 67.6 Å². The second-order valence-electron chi connectivity index (χ2n) is 5.78. The van der Waals surface area contributed by atoms with Gasteiger partial charge in [0.05, 0.1) is 5.56 Å². The van der Waals surface area contributed by atoms with E-state index >= 15 is 0 Å². The summed E-state index contributed by atoms with van der Waals surface area (Å²) in [7, 11) is 0. The van der Waals surface area contributed by atoms with Crippen molar-refractivity contribution in [2.75, 3.05) is 6.54 Å². The van der Waals surface area contributed by atoms with Crippen molar-refractivity contribution in [2.24, 2.45) is 0 Å². The van der Waals surface area contributed by atoms with E-state index in [1.165, 1.54) is 32.1 Å². The van der Waals surface area contributed by atoms with Crippen LogP contribution in [0.15, 0.2) is 12.3 Å². The summed E-state index contributed by atoms with van der Waals surface area (Å²) >= 11 is 0. The van der Waals surface area contributed by atoms with Crippen LogP contribution in [0.3, 0.4) is 0 Å². The Bertz CT molecular complexity index is 499. The van der Waals surface area contributed by atoms with Crippen LogP contribution >= 0.6 is 0 Å². The summed E-state index contributed by atoms with van der Waals surface area (Å²) in [5, 5.41) is 8.71. The molecule has 1 amide bonds. The SMILES string of the molecule is CC.O=C(NO)c1cnc2c(c1)CN(C1CCCCC1)CC2. The fourth-order valence-electron chi connectivity index (χ4n) is 3.39. The van der Waals surface area contributed by atoms with Crippen molar-refractivity contribution in [3.8, 4) is 0 Å². The molecule has 1 aliphatic carbocycles. The molecule has 22 heavy (non-hydrogen) atoms. The molecule has 0 unspecified atom stereocenters. The molecule has 1 fully saturated rings. The lowest BCUT2D eigenvalue weighted by Gasteiger charge is -2.37. The van der Waals surface area contributed by atoms with Gasteiger partial charge in [-0.15, -0.1) is 0 Å². The molecule has 1 aromatic heterocycles. The number of pyridine rings is 1. The van der Waals surface area contributed by atoms with E-state index < -0.39 is 5.91 Å². The van der Waals surface area contributed by atoms with Crippen LogP contribution in [-0.2, 0) is 13.0 Å². The zero-order valence-corrected chi connectivity index (χ0v) is 13.6. The third-order valence-electron chi connectivity index (χ3n) is 4.52. The molecule has 2 N–H and O–H groups in total. The topological polar surface area (TPSA) is 65.5 Å². The Labute approximate surface area is 132 Å². The highest BCUT2D eigenvalue weighted by molar-refractivity contribution is 5.93. The lowest BCUT2D eigenvalue weighted by molar-refractivity contribution is 0.0705. The van der Waals surface area contributed by atoms with Gasteiger partial charge in [0.2, 0.25) is 0 Å². The quantitative estimate of drug-likeness (QED) is 0.651. The molecular weight excluding hydrogens is 278 g/mol. The number of carbonyl (C=O) groups excluding carboxylic acids is 1. The van der Waals surface area contributed by atoms with Crippen molar-refractivity contribution in [1.29, 1.82) is 0 Å². The summed E-state index contributed by atoms with van der Waals surface area (Å²) < 4.78 is 0. The standard InChI is InChI=1S/C15H21N3O2.C2H6/c19-15(17-20)11-8-12-10-18(7-6-14(12)16-9-11)13-4-2-1-3-5-13;1-2/h8-9,13,20H,1-7,10H2,(H,17,19);1-2H3. The predicted octanol–water partition coefficient (Wildman–Crippen LogP) is 2.92. The minimum absolute atomic E-state index is 0.428. The number of hydrogen-bond acceptors (Lipinski definition) is 4. The van der Waals surface area contributed by atoms with Crippen LogP contribution < -0.4 is 5.48 Å². The smallest absolute Gasteiger partial charge is 0.276 e. The van der Waals surface area contributed by atoms with Gasteiger partial charge in [-0.2, -0.15) is 0 Å². The molecule has 0 aromatic carbocycles. The zero-order valence-electron chi connectivity index (χ0n) is 13.6. The number of nitrogens with one attached hydrogen (secondary N) is 1. The maximum atomic E-state index is 11.5. The Morgan fingerprint density at radius 3 is 2.73 bits per heavy atom. The van der Waals surface area contributed by atoms with Crippen LogP contribution in [0.4, 0.5) is 0 Å². The van der Waals surface area contributed by atoms with Crippen molar-refractivity contribution in [3.63, 3.8) is 0 Å². The Morgan fingerprint density at radius 2 is 2.05 bits per heavy atom. The van der Waals surface area contributed by atoms with Crippen molar-refractivity contribution in [2.45, 2.75) is 65.0 Å². The van der Waals surface area contributed by atoms with E-state index in [1.54, 1.807) is 11.7 Å². The molecule has 1 aromatic rings. The molecule has 1 saturated carbocycles. The maximum absolute atomic E-state index is 11.5. The van der Waals surface area contributed by atoms with E-state index in [4.69, 9.17) is 5.21 Å². The van der Waals surface area contributed by atoms with Crippen LogP contribution in [0, 0.1) is 0 Å². The van der Waals surface area contributed by atoms with E-state index in [1.807, 2.05) is 19.9 Å². The molecular formula is C17H27N3O2. The van der Waals surface area contributed by atoms with Crippen LogP contribution in [0.5, 0.6) is 0 Å². The molecule has 5 nitrogen and oxygen atoms in total. The van der Waals surface area contributed by atoms with Crippen LogP contribution in [0.2, 0.25) is 0 Å². The second-order valence-corrected chi connectivity index (χ2v) is 5.78.